The monoisotopic (exact) mass is 173 g/mol. The van der Waals surface area contributed by atoms with Crippen LogP contribution in [0, 0.1) is 0 Å². The molecule has 1 amide bonds. The molecule has 0 saturated carbocycles. The van der Waals surface area contributed by atoms with Crippen molar-refractivity contribution in [1.82, 2.24) is 4.90 Å². The minimum atomic E-state index is -0.653. The number of aliphatic hydroxyl groups is 1. The fourth-order valence-electron chi connectivity index (χ4n) is 1.36. The average molecular weight is 173 g/mol. The summed E-state index contributed by atoms with van der Waals surface area (Å²) in [5.74, 6) is 0.0543. The summed E-state index contributed by atoms with van der Waals surface area (Å²) in [4.78, 5) is 12.6. The van der Waals surface area contributed by atoms with Crippen molar-refractivity contribution in [3.63, 3.8) is 0 Å². The molecule has 1 atom stereocenters. The quantitative estimate of drug-likeness (QED) is 0.649. The second-order valence-corrected chi connectivity index (χ2v) is 2.95. The maximum absolute atomic E-state index is 11.1. The summed E-state index contributed by atoms with van der Waals surface area (Å²) < 4.78 is 4.81. The Balaban J connectivity index is 2.30. The van der Waals surface area contributed by atoms with E-state index in [1.54, 1.807) is 7.11 Å². The molecule has 0 aromatic heterocycles. The largest absolute Gasteiger partial charge is 0.385 e. The van der Waals surface area contributed by atoms with Gasteiger partial charge in [0, 0.05) is 26.5 Å². The van der Waals surface area contributed by atoms with E-state index in [0.717, 1.165) is 6.42 Å². The van der Waals surface area contributed by atoms with Gasteiger partial charge in [0.15, 0.2) is 0 Å². The van der Waals surface area contributed by atoms with E-state index in [-0.39, 0.29) is 5.91 Å². The lowest BCUT2D eigenvalue weighted by atomic mass is 10.3. The lowest BCUT2D eigenvalue weighted by molar-refractivity contribution is -0.137. The minimum absolute atomic E-state index is 0.0543. The van der Waals surface area contributed by atoms with Crippen molar-refractivity contribution >= 4 is 5.91 Å². The molecule has 0 bridgehead atoms. The van der Waals surface area contributed by atoms with Gasteiger partial charge in [-0.05, 0) is 6.42 Å². The molecule has 4 nitrogen and oxygen atoms in total. The van der Waals surface area contributed by atoms with Crippen LogP contribution in [-0.4, -0.2) is 42.4 Å². The van der Waals surface area contributed by atoms with Gasteiger partial charge in [0.2, 0.25) is 5.91 Å². The second kappa shape index (κ2) is 4.42. The highest BCUT2D eigenvalue weighted by Crippen LogP contribution is 2.13. The van der Waals surface area contributed by atoms with E-state index >= 15 is 0 Å². The van der Waals surface area contributed by atoms with Crippen LogP contribution >= 0.6 is 0 Å². The first-order valence-electron chi connectivity index (χ1n) is 4.22. The third-order valence-electron chi connectivity index (χ3n) is 2.05. The first kappa shape index (κ1) is 9.48. The number of carbonyl (C=O) groups excluding carboxylic acids is 1. The Morgan fingerprint density at radius 2 is 2.50 bits per heavy atom. The second-order valence-electron chi connectivity index (χ2n) is 2.95. The molecule has 1 saturated heterocycles. The van der Waals surface area contributed by atoms with Crippen LogP contribution in [0.4, 0.5) is 0 Å². The van der Waals surface area contributed by atoms with Crippen molar-refractivity contribution in [3.05, 3.63) is 0 Å². The lowest BCUT2D eigenvalue weighted by Gasteiger charge is -2.22. The van der Waals surface area contributed by atoms with Crippen LogP contribution < -0.4 is 0 Å². The molecule has 12 heavy (non-hydrogen) atoms. The summed E-state index contributed by atoms with van der Waals surface area (Å²) in [6.07, 6.45) is 1.29. The van der Waals surface area contributed by atoms with Crippen molar-refractivity contribution < 1.29 is 14.6 Å². The number of aliphatic hydroxyl groups excluding tert-OH is 1. The molecule has 1 heterocycles. The van der Waals surface area contributed by atoms with Crippen molar-refractivity contribution in [2.24, 2.45) is 0 Å². The number of hydrogen-bond acceptors (Lipinski definition) is 3. The van der Waals surface area contributed by atoms with E-state index < -0.39 is 6.23 Å². The maximum Gasteiger partial charge on any atom is 0.224 e. The summed E-state index contributed by atoms with van der Waals surface area (Å²) >= 11 is 0. The fraction of sp³-hybridized carbons (Fsp3) is 0.875. The summed E-state index contributed by atoms with van der Waals surface area (Å²) in [5.41, 5.74) is 0. The summed E-state index contributed by atoms with van der Waals surface area (Å²) in [6, 6.07) is 0. The number of nitrogens with zero attached hydrogens (tertiary/aromatic N) is 1. The van der Waals surface area contributed by atoms with Crippen molar-refractivity contribution in [2.45, 2.75) is 25.5 Å². The van der Waals surface area contributed by atoms with Gasteiger partial charge >= 0.3 is 0 Å². The highest BCUT2D eigenvalue weighted by Gasteiger charge is 2.25. The van der Waals surface area contributed by atoms with E-state index in [2.05, 4.69) is 0 Å². The first-order chi connectivity index (χ1) is 5.75. The molecule has 4 heteroatoms. The van der Waals surface area contributed by atoms with Gasteiger partial charge in [-0.1, -0.05) is 0 Å². The number of methoxy groups -OCH3 is 1. The molecule has 0 unspecified atom stereocenters. The molecule has 0 aromatic rings. The zero-order valence-corrected chi connectivity index (χ0v) is 7.32. The topological polar surface area (TPSA) is 49.8 Å². The van der Waals surface area contributed by atoms with Crippen molar-refractivity contribution in [1.29, 1.82) is 0 Å². The van der Waals surface area contributed by atoms with Crippen molar-refractivity contribution in [2.75, 3.05) is 20.3 Å². The standard InChI is InChI=1S/C8H15NO3/c1-12-6-4-8(11)9-5-2-3-7(9)10/h8,11H,2-6H2,1H3/t8-/m1/s1. The van der Waals surface area contributed by atoms with Gasteiger partial charge in [-0.3, -0.25) is 4.79 Å². The molecule has 0 spiro atoms. The van der Waals surface area contributed by atoms with Crippen LogP contribution in [0.2, 0.25) is 0 Å². The number of carbonyl (C=O) groups is 1. The van der Waals surface area contributed by atoms with Gasteiger partial charge in [-0.25, -0.2) is 0 Å². The minimum Gasteiger partial charge on any atom is -0.385 e. The Hall–Kier alpha value is -0.610. The van der Waals surface area contributed by atoms with Crippen LogP contribution in [-0.2, 0) is 9.53 Å². The SMILES string of the molecule is COCC[C@@H](O)N1CCCC1=O. The number of ether oxygens (including phenoxy) is 1. The molecule has 0 radical (unpaired) electrons. The predicted octanol–water partition coefficient (Wildman–Crippen LogP) is -0.0363. The molecule has 1 N–H and O–H groups in total. The predicted molar refractivity (Wildman–Crippen MR) is 43.4 cm³/mol. The summed E-state index contributed by atoms with van der Waals surface area (Å²) in [5, 5.41) is 9.48. The van der Waals surface area contributed by atoms with Gasteiger partial charge in [0.1, 0.15) is 6.23 Å². The Morgan fingerprint density at radius 1 is 1.75 bits per heavy atom. The Bertz CT molecular complexity index is 160. The third-order valence-corrected chi connectivity index (χ3v) is 2.05. The number of rotatable bonds is 4. The molecule has 1 aliphatic heterocycles. The molecule has 0 aromatic carbocycles. The number of hydrogen-bond donors (Lipinski definition) is 1. The molecule has 1 aliphatic rings. The van der Waals surface area contributed by atoms with Crippen LogP contribution in [0.1, 0.15) is 19.3 Å². The number of amides is 1. The van der Waals surface area contributed by atoms with Crippen LogP contribution in [0.3, 0.4) is 0 Å². The van der Waals surface area contributed by atoms with Gasteiger partial charge in [-0.2, -0.15) is 0 Å². The van der Waals surface area contributed by atoms with Gasteiger partial charge in [0.25, 0.3) is 0 Å². The van der Waals surface area contributed by atoms with Gasteiger partial charge in [0.05, 0.1) is 6.61 Å². The van der Waals surface area contributed by atoms with Gasteiger partial charge in [-0.15, -0.1) is 0 Å². The van der Waals surface area contributed by atoms with E-state index in [1.165, 1.54) is 4.90 Å². The smallest absolute Gasteiger partial charge is 0.224 e. The molecule has 70 valence electrons. The Morgan fingerprint density at radius 3 is 3.00 bits per heavy atom. The average Bonchev–Trinajstić information content (AvgIpc) is 2.47. The summed E-state index contributed by atoms with van der Waals surface area (Å²) in [7, 11) is 1.58. The lowest BCUT2D eigenvalue weighted by Crippen LogP contribution is -2.36. The van der Waals surface area contributed by atoms with E-state index in [4.69, 9.17) is 4.74 Å². The van der Waals surface area contributed by atoms with E-state index in [1.807, 2.05) is 0 Å². The Kier molecular flexibility index (Phi) is 3.49. The highest BCUT2D eigenvalue weighted by atomic mass is 16.5. The maximum atomic E-state index is 11.1. The van der Waals surface area contributed by atoms with Crippen LogP contribution in [0.15, 0.2) is 0 Å². The highest BCUT2D eigenvalue weighted by molar-refractivity contribution is 5.78. The number of likely N-dealkylation sites (tertiary alicyclic amines) is 1. The fourth-order valence-corrected chi connectivity index (χ4v) is 1.36. The van der Waals surface area contributed by atoms with Crippen molar-refractivity contribution in [3.8, 4) is 0 Å². The van der Waals surface area contributed by atoms with E-state index in [9.17, 15) is 9.90 Å². The molecule has 1 fully saturated rings. The zero-order valence-electron chi connectivity index (χ0n) is 7.32. The molecule has 1 rings (SSSR count). The third kappa shape index (κ3) is 2.19. The molecular formula is C8H15NO3. The normalized spacial score (nSPS) is 20.2. The molecular weight excluding hydrogens is 158 g/mol. The Labute approximate surface area is 72.1 Å². The zero-order chi connectivity index (χ0) is 8.97. The molecule has 0 aliphatic carbocycles. The van der Waals surface area contributed by atoms with E-state index in [0.29, 0.717) is 26.0 Å². The van der Waals surface area contributed by atoms with Gasteiger partial charge < -0.3 is 14.7 Å². The first-order valence-corrected chi connectivity index (χ1v) is 4.22. The van der Waals surface area contributed by atoms with Crippen LogP contribution in [0.25, 0.3) is 0 Å². The summed E-state index contributed by atoms with van der Waals surface area (Å²) in [6.45, 7) is 1.18. The van der Waals surface area contributed by atoms with Crippen LogP contribution in [0.5, 0.6) is 0 Å².